The Morgan fingerprint density at radius 3 is 2.62 bits per heavy atom. The highest BCUT2D eigenvalue weighted by molar-refractivity contribution is 6.30. The number of nitrogens with one attached hydrogen (secondary N) is 1. The summed E-state index contributed by atoms with van der Waals surface area (Å²) < 4.78 is 7.69. The van der Waals surface area contributed by atoms with Crippen LogP contribution in [-0.4, -0.2) is 23.3 Å². The normalized spacial score (nSPS) is 11.4. The van der Waals surface area contributed by atoms with Gasteiger partial charge in [0.15, 0.2) is 6.61 Å². The van der Waals surface area contributed by atoms with Crippen LogP contribution >= 0.6 is 11.6 Å². The highest BCUT2D eigenvalue weighted by Crippen LogP contribution is 2.29. The zero-order valence-corrected chi connectivity index (χ0v) is 16.7. The van der Waals surface area contributed by atoms with Crippen molar-refractivity contribution >= 4 is 45.5 Å². The molecular weight excluding hydrogens is 386 g/mol. The zero-order chi connectivity index (χ0) is 20.2. The summed E-state index contributed by atoms with van der Waals surface area (Å²) in [4.78, 5) is 11.9. The highest BCUT2D eigenvalue weighted by Gasteiger charge is 2.09. The summed E-state index contributed by atoms with van der Waals surface area (Å²) >= 11 is 5.82. The number of nitrogens with zero attached hydrogens (tertiary/aromatic N) is 2. The molecule has 0 fully saturated rings. The number of benzene rings is 3. The summed E-state index contributed by atoms with van der Waals surface area (Å²) in [5, 5.41) is 7.04. The largest absolute Gasteiger partial charge is 0.484 e. The van der Waals surface area contributed by atoms with Gasteiger partial charge in [0.1, 0.15) is 5.75 Å². The molecule has 6 heteroatoms. The summed E-state index contributed by atoms with van der Waals surface area (Å²) in [7, 11) is 0. The Morgan fingerprint density at radius 1 is 1.07 bits per heavy atom. The van der Waals surface area contributed by atoms with Gasteiger partial charge < -0.3 is 9.30 Å². The van der Waals surface area contributed by atoms with E-state index >= 15 is 0 Å². The van der Waals surface area contributed by atoms with Gasteiger partial charge in [0.25, 0.3) is 5.91 Å². The van der Waals surface area contributed by atoms with E-state index in [1.807, 2.05) is 12.1 Å². The molecule has 4 rings (SSSR count). The van der Waals surface area contributed by atoms with Crippen molar-refractivity contribution in [2.75, 3.05) is 6.61 Å². The van der Waals surface area contributed by atoms with Crippen molar-refractivity contribution < 1.29 is 9.53 Å². The predicted molar refractivity (Wildman–Crippen MR) is 118 cm³/mol. The third-order valence-electron chi connectivity index (χ3n) is 4.70. The first-order valence-electron chi connectivity index (χ1n) is 9.37. The van der Waals surface area contributed by atoms with Gasteiger partial charge in [-0.2, -0.15) is 5.10 Å². The van der Waals surface area contributed by atoms with E-state index in [1.54, 1.807) is 30.5 Å². The molecule has 3 aromatic carbocycles. The number of amides is 1. The predicted octanol–water partition coefficient (Wildman–Crippen LogP) is 5.00. The summed E-state index contributed by atoms with van der Waals surface area (Å²) in [6.07, 6.45) is 1.64. The number of hydrogen-bond acceptors (Lipinski definition) is 3. The minimum atomic E-state index is -0.333. The fourth-order valence-electron chi connectivity index (χ4n) is 3.38. The van der Waals surface area contributed by atoms with Gasteiger partial charge in [-0.25, -0.2) is 5.43 Å². The smallest absolute Gasteiger partial charge is 0.277 e. The molecule has 0 bridgehead atoms. The zero-order valence-electron chi connectivity index (χ0n) is 15.9. The van der Waals surface area contributed by atoms with Crippen molar-refractivity contribution in [1.82, 2.24) is 9.99 Å². The standard InChI is InChI=1S/C23H20ClN3O2/c1-2-27-21-6-4-3-5-19(21)20-13-16(7-12-22(20)27)14-25-26-23(28)15-29-18-10-8-17(24)9-11-18/h3-14H,2,15H2,1H3,(H,26,28)/b25-14+. The maximum absolute atomic E-state index is 11.9. The molecule has 1 aromatic heterocycles. The first-order chi connectivity index (χ1) is 14.2. The third-order valence-corrected chi connectivity index (χ3v) is 4.95. The average Bonchev–Trinajstić information content (AvgIpc) is 3.06. The van der Waals surface area contributed by atoms with E-state index < -0.39 is 0 Å². The lowest BCUT2D eigenvalue weighted by Crippen LogP contribution is -2.24. The molecule has 0 radical (unpaired) electrons. The second-order valence-corrected chi connectivity index (χ2v) is 7.01. The second-order valence-electron chi connectivity index (χ2n) is 6.57. The Hall–Kier alpha value is -3.31. The van der Waals surface area contributed by atoms with Crippen molar-refractivity contribution in [3.63, 3.8) is 0 Å². The summed E-state index contributed by atoms with van der Waals surface area (Å²) in [5.74, 6) is 0.242. The van der Waals surface area contributed by atoms with Crippen molar-refractivity contribution in [3.05, 3.63) is 77.3 Å². The SMILES string of the molecule is CCn1c2ccccc2c2cc(/C=N/NC(=O)COc3ccc(Cl)cc3)ccc21. The molecule has 1 amide bonds. The number of halogens is 1. The van der Waals surface area contributed by atoms with Crippen LogP contribution in [0.15, 0.2) is 71.8 Å². The van der Waals surface area contributed by atoms with Gasteiger partial charge in [-0.3, -0.25) is 4.79 Å². The van der Waals surface area contributed by atoms with Crippen LogP contribution in [0, 0.1) is 0 Å². The third kappa shape index (κ3) is 4.10. The van der Waals surface area contributed by atoms with Crippen LogP contribution in [0.5, 0.6) is 5.75 Å². The van der Waals surface area contributed by atoms with E-state index in [9.17, 15) is 4.79 Å². The van der Waals surface area contributed by atoms with Crippen LogP contribution in [0.25, 0.3) is 21.8 Å². The Kier molecular flexibility index (Phi) is 5.49. The van der Waals surface area contributed by atoms with Gasteiger partial charge in [-0.05, 0) is 55.0 Å². The number of hydrogen-bond donors (Lipinski definition) is 1. The van der Waals surface area contributed by atoms with E-state index in [2.05, 4.69) is 52.3 Å². The van der Waals surface area contributed by atoms with E-state index in [-0.39, 0.29) is 12.5 Å². The molecule has 29 heavy (non-hydrogen) atoms. The maximum Gasteiger partial charge on any atom is 0.277 e. The Balaban J connectivity index is 1.45. The number of para-hydroxylation sites is 1. The van der Waals surface area contributed by atoms with Crippen molar-refractivity contribution in [1.29, 1.82) is 0 Å². The molecule has 0 unspecified atom stereocenters. The Morgan fingerprint density at radius 2 is 1.83 bits per heavy atom. The van der Waals surface area contributed by atoms with Crippen LogP contribution in [-0.2, 0) is 11.3 Å². The molecule has 0 aliphatic carbocycles. The monoisotopic (exact) mass is 405 g/mol. The minimum Gasteiger partial charge on any atom is -0.484 e. The quantitative estimate of drug-likeness (QED) is 0.362. The fraction of sp³-hybridized carbons (Fsp3) is 0.130. The molecule has 0 atom stereocenters. The van der Waals surface area contributed by atoms with Gasteiger partial charge in [-0.15, -0.1) is 0 Å². The van der Waals surface area contributed by atoms with Crippen LogP contribution in [0.4, 0.5) is 0 Å². The number of rotatable bonds is 6. The first-order valence-corrected chi connectivity index (χ1v) is 9.75. The van der Waals surface area contributed by atoms with Crippen molar-refractivity contribution in [3.8, 4) is 5.75 Å². The van der Waals surface area contributed by atoms with Gasteiger partial charge in [0.2, 0.25) is 0 Å². The number of carbonyl (C=O) groups excluding carboxylic acids is 1. The number of hydrazone groups is 1. The molecule has 0 aliphatic rings. The van der Waals surface area contributed by atoms with Crippen LogP contribution in [0.3, 0.4) is 0 Å². The summed E-state index contributed by atoms with van der Waals surface area (Å²) in [5.41, 5.74) is 5.80. The molecule has 146 valence electrons. The van der Waals surface area contributed by atoms with E-state index in [1.165, 1.54) is 21.8 Å². The molecule has 0 saturated heterocycles. The van der Waals surface area contributed by atoms with E-state index in [0.717, 1.165) is 12.1 Å². The van der Waals surface area contributed by atoms with Gasteiger partial charge in [0.05, 0.1) is 6.21 Å². The van der Waals surface area contributed by atoms with E-state index in [4.69, 9.17) is 16.3 Å². The van der Waals surface area contributed by atoms with Crippen LogP contribution in [0.1, 0.15) is 12.5 Å². The molecule has 0 aliphatic heterocycles. The number of ether oxygens (including phenoxy) is 1. The number of carbonyl (C=O) groups is 1. The molecular formula is C23H20ClN3O2. The molecule has 4 aromatic rings. The fourth-order valence-corrected chi connectivity index (χ4v) is 3.51. The number of aromatic nitrogens is 1. The lowest BCUT2D eigenvalue weighted by atomic mass is 10.1. The Labute approximate surface area is 173 Å². The number of aryl methyl sites for hydroxylation is 1. The van der Waals surface area contributed by atoms with Crippen LogP contribution < -0.4 is 10.2 Å². The molecule has 1 N–H and O–H groups in total. The van der Waals surface area contributed by atoms with Crippen molar-refractivity contribution in [2.24, 2.45) is 5.10 Å². The second kappa shape index (κ2) is 8.37. The first kappa shape index (κ1) is 19.0. The molecule has 0 saturated carbocycles. The minimum absolute atomic E-state index is 0.123. The lowest BCUT2D eigenvalue weighted by molar-refractivity contribution is -0.123. The average molecular weight is 406 g/mol. The molecule has 5 nitrogen and oxygen atoms in total. The maximum atomic E-state index is 11.9. The van der Waals surface area contributed by atoms with Gasteiger partial charge in [0, 0.05) is 33.4 Å². The van der Waals surface area contributed by atoms with Gasteiger partial charge >= 0.3 is 0 Å². The van der Waals surface area contributed by atoms with Crippen LogP contribution in [0.2, 0.25) is 5.02 Å². The number of fused-ring (bicyclic) bond motifs is 3. The Bertz CT molecular complexity index is 1200. The van der Waals surface area contributed by atoms with Crippen molar-refractivity contribution in [2.45, 2.75) is 13.5 Å². The lowest BCUT2D eigenvalue weighted by Gasteiger charge is -2.05. The topological polar surface area (TPSA) is 55.6 Å². The van der Waals surface area contributed by atoms with Gasteiger partial charge in [-0.1, -0.05) is 35.9 Å². The summed E-state index contributed by atoms with van der Waals surface area (Å²) in [6.45, 7) is 2.92. The molecule has 0 spiro atoms. The summed E-state index contributed by atoms with van der Waals surface area (Å²) in [6, 6.07) is 21.4. The van der Waals surface area contributed by atoms with E-state index in [0.29, 0.717) is 10.8 Å². The molecule has 1 heterocycles. The highest BCUT2D eigenvalue weighted by atomic mass is 35.5.